The summed E-state index contributed by atoms with van der Waals surface area (Å²) >= 11 is 7.55. The van der Waals surface area contributed by atoms with Crippen LogP contribution in [0.4, 0.5) is 21.5 Å². The fourth-order valence-corrected chi connectivity index (χ4v) is 3.11. The number of halogens is 2. The Morgan fingerprint density at radius 1 is 1.35 bits per heavy atom. The molecule has 0 aliphatic heterocycles. The first-order valence-corrected chi connectivity index (χ1v) is 7.70. The van der Waals surface area contributed by atoms with Crippen molar-refractivity contribution in [3.05, 3.63) is 39.3 Å². The van der Waals surface area contributed by atoms with Crippen molar-refractivity contribution in [3.8, 4) is 0 Å². The van der Waals surface area contributed by atoms with Gasteiger partial charge < -0.3 is 16.4 Å². The smallest absolute Gasteiger partial charge is 0.169 e. The van der Waals surface area contributed by atoms with Gasteiger partial charge in [-0.1, -0.05) is 11.6 Å². The molecule has 1 aliphatic rings. The average molecular weight is 312 g/mol. The summed E-state index contributed by atoms with van der Waals surface area (Å²) in [5.41, 5.74) is 13.7. The normalized spacial score (nSPS) is 14.5. The topological polar surface area (TPSA) is 55.3 Å². The number of nitrogens with zero attached hydrogens (tertiary/aromatic N) is 1. The molecule has 1 heterocycles. The minimum absolute atomic E-state index is 0.0508. The summed E-state index contributed by atoms with van der Waals surface area (Å²) in [7, 11) is 0. The second-order valence-corrected chi connectivity index (χ2v) is 6.18. The lowest BCUT2D eigenvalue weighted by atomic mass is 10.2. The molecule has 1 aromatic carbocycles. The summed E-state index contributed by atoms with van der Waals surface area (Å²) in [6.45, 7) is 0.634. The van der Waals surface area contributed by atoms with Crippen molar-refractivity contribution in [1.82, 2.24) is 0 Å². The van der Waals surface area contributed by atoms with Crippen molar-refractivity contribution < 1.29 is 4.39 Å². The lowest BCUT2D eigenvalue weighted by Crippen LogP contribution is -2.27. The largest absolute Gasteiger partial charge is 0.397 e. The van der Waals surface area contributed by atoms with Crippen LogP contribution < -0.4 is 16.4 Å². The van der Waals surface area contributed by atoms with Crippen LogP contribution in [0.1, 0.15) is 18.4 Å². The van der Waals surface area contributed by atoms with Crippen molar-refractivity contribution in [3.63, 3.8) is 0 Å². The molecule has 20 heavy (non-hydrogen) atoms. The first kappa shape index (κ1) is 13.5. The second-order valence-electron chi connectivity index (χ2n) is 5.02. The summed E-state index contributed by atoms with van der Waals surface area (Å²) < 4.78 is 14.5. The van der Waals surface area contributed by atoms with Gasteiger partial charge in [0.2, 0.25) is 0 Å². The third-order valence-electron chi connectivity index (χ3n) is 3.45. The Labute approximate surface area is 125 Å². The fraction of sp³-hybridized carbons (Fsp3) is 0.286. The molecule has 0 saturated heterocycles. The number of hydrogen-bond donors (Lipinski definition) is 2. The van der Waals surface area contributed by atoms with Gasteiger partial charge in [0.05, 0.1) is 17.1 Å². The minimum atomic E-state index is -0.522. The van der Waals surface area contributed by atoms with E-state index in [0.717, 1.165) is 18.4 Å². The molecular weight excluding hydrogens is 297 g/mol. The van der Waals surface area contributed by atoms with E-state index in [1.807, 2.05) is 16.3 Å². The Balaban J connectivity index is 2.01. The van der Waals surface area contributed by atoms with E-state index < -0.39 is 5.82 Å². The van der Waals surface area contributed by atoms with Crippen LogP contribution in [0.5, 0.6) is 0 Å². The van der Waals surface area contributed by atoms with Crippen LogP contribution in [0.15, 0.2) is 22.9 Å². The average Bonchev–Trinajstić information content (AvgIpc) is 3.13. The van der Waals surface area contributed by atoms with E-state index in [2.05, 4.69) is 5.38 Å². The highest BCUT2D eigenvalue weighted by Crippen LogP contribution is 2.41. The van der Waals surface area contributed by atoms with Crippen molar-refractivity contribution >= 4 is 40.0 Å². The van der Waals surface area contributed by atoms with E-state index in [4.69, 9.17) is 23.1 Å². The van der Waals surface area contributed by atoms with Crippen LogP contribution in [0.25, 0.3) is 0 Å². The molecule has 6 heteroatoms. The highest BCUT2D eigenvalue weighted by Gasteiger charge is 2.33. The number of rotatable bonds is 4. The molecular formula is C14H15ClFN3S. The molecule has 0 amide bonds. The molecule has 0 unspecified atom stereocenters. The zero-order chi connectivity index (χ0) is 14.3. The Kier molecular flexibility index (Phi) is 3.48. The quantitative estimate of drug-likeness (QED) is 0.843. The van der Waals surface area contributed by atoms with Crippen LogP contribution >= 0.6 is 22.9 Å². The van der Waals surface area contributed by atoms with E-state index in [1.54, 1.807) is 11.3 Å². The molecule has 2 aromatic rings. The van der Waals surface area contributed by atoms with E-state index in [-0.39, 0.29) is 10.7 Å². The maximum atomic E-state index is 14.5. The van der Waals surface area contributed by atoms with Gasteiger partial charge >= 0.3 is 0 Å². The summed E-state index contributed by atoms with van der Waals surface area (Å²) in [5.74, 6) is -0.522. The molecule has 0 bridgehead atoms. The second kappa shape index (κ2) is 5.14. The van der Waals surface area contributed by atoms with Crippen LogP contribution in [0.2, 0.25) is 5.02 Å². The molecule has 3 nitrogen and oxygen atoms in total. The fourth-order valence-electron chi connectivity index (χ4n) is 2.30. The number of hydrogen-bond acceptors (Lipinski definition) is 4. The predicted octanol–water partition coefficient (Wildman–Crippen LogP) is 3.87. The maximum Gasteiger partial charge on any atom is 0.169 e. The van der Waals surface area contributed by atoms with Crippen molar-refractivity contribution in [2.45, 2.75) is 25.4 Å². The van der Waals surface area contributed by atoms with Gasteiger partial charge in [0.1, 0.15) is 5.02 Å². The SMILES string of the molecule is Nc1cc(N)c(N(Cc2ccsc2)C2CC2)c(F)c1Cl. The number of anilines is 3. The zero-order valence-corrected chi connectivity index (χ0v) is 12.3. The monoisotopic (exact) mass is 311 g/mol. The molecule has 1 aliphatic carbocycles. The third kappa shape index (κ3) is 2.43. The molecule has 0 atom stereocenters. The highest BCUT2D eigenvalue weighted by atomic mass is 35.5. The zero-order valence-electron chi connectivity index (χ0n) is 10.8. The van der Waals surface area contributed by atoms with Gasteiger partial charge in [0.15, 0.2) is 5.82 Å². The molecule has 0 radical (unpaired) electrons. The molecule has 1 fully saturated rings. The third-order valence-corrected chi connectivity index (χ3v) is 4.56. The van der Waals surface area contributed by atoms with Gasteiger partial charge in [0.25, 0.3) is 0 Å². The number of nitrogens with two attached hydrogens (primary N) is 2. The summed E-state index contributed by atoms with van der Waals surface area (Å²) in [6.07, 6.45) is 2.09. The van der Waals surface area contributed by atoms with Gasteiger partial charge in [-0.2, -0.15) is 11.3 Å². The lowest BCUT2D eigenvalue weighted by Gasteiger charge is -2.27. The minimum Gasteiger partial charge on any atom is -0.397 e. The molecule has 1 aromatic heterocycles. The highest BCUT2D eigenvalue weighted by molar-refractivity contribution is 7.07. The first-order chi connectivity index (χ1) is 9.58. The molecule has 3 rings (SSSR count). The van der Waals surface area contributed by atoms with Gasteiger partial charge in [-0.25, -0.2) is 4.39 Å². The predicted molar refractivity (Wildman–Crippen MR) is 83.8 cm³/mol. The maximum absolute atomic E-state index is 14.5. The molecule has 106 valence electrons. The van der Waals surface area contributed by atoms with Crippen molar-refractivity contribution in [1.29, 1.82) is 0 Å². The van der Waals surface area contributed by atoms with Crippen LogP contribution in [-0.4, -0.2) is 6.04 Å². The van der Waals surface area contributed by atoms with E-state index in [0.29, 0.717) is 24.0 Å². The van der Waals surface area contributed by atoms with Crippen LogP contribution in [0, 0.1) is 5.82 Å². The van der Waals surface area contributed by atoms with Crippen LogP contribution in [0.3, 0.4) is 0 Å². The van der Waals surface area contributed by atoms with Crippen LogP contribution in [-0.2, 0) is 6.54 Å². The van der Waals surface area contributed by atoms with E-state index >= 15 is 0 Å². The van der Waals surface area contributed by atoms with Gasteiger partial charge in [-0.05, 0) is 41.3 Å². The number of benzene rings is 1. The summed E-state index contributed by atoms with van der Waals surface area (Å²) in [4.78, 5) is 2.00. The first-order valence-electron chi connectivity index (χ1n) is 6.38. The Hall–Kier alpha value is -1.46. The van der Waals surface area contributed by atoms with E-state index in [1.165, 1.54) is 6.07 Å². The number of thiophene rings is 1. The summed E-state index contributed by atoms with van der Waals surface area (Å²) in [5, 5.41) is 4.02. The van der Waals surface area contributed by atoms with Gasteiger partial charge in [-0.15, -0.1) is 0 Å². The van der Waals surface area contributed by atoms with Gasteiger partial charge in [-0.3, -0.25) is 0 Å². The molecule has 4 N–H and O–H groups in total. The van der Waals surface area contributed by atoms with E-state index in [9.17, 15) is 4.39 Å². The summed E-state index contributed by atoms with van der Waals surface area (Å²) in [6, 6.07) is 3.89. The Morgan fingerprint density at radius 3 is 2.70 bits per heavy atom. The van der Waals surface area contributed by atoms with Crippen molar-refractivity contribution in [2.75, 3.05) is 16.4 Å². The standard InChI is InChI=1S/C14H15ClFN3S/c15-12-10(17)5-11(18)14(13(12)16)19(9-1-2-9)6-8-3-4-20-7-8/h3-5,7,9H,1-2,6,17-18H2. The lowest BCUT2D eigenvalue weighted by molar-refractivity contribution is 0.617. The van der Waals surface area contributed by atoms with Crippen molar-refractivity contribution in [2.24, 2.45) is 0 Å². The Morgan fingerprint density at radius 2 is 2.10 bits per heavy atom. The number of nitrogen functional groups attached to an aromatic ring is 2. The molecule has 0 spiro atoms. The Bertz CT molecular complexity index is 626. The molecule has 1 saturated carbocycles. The van der Waals surface area contributed by atoms with Gasteiger partial charge in [0, 0.05) is 12.6 Å².